The van der Waals surface area contributed by atoms with E-state index in [9.17, 15) is 0 Å². The molecule has 0 aliphatic rings. The molecule has 2 aromatic carbocycles. The molecule has 0 N–H and O–H groups in total. The van der Waals surface area contributed by atoms with Crippen molar-refractivity contribution in [2.45, 2.75) is 19.6 Å². The van der Waals surface area contributed by atoms with Gasteiger partial charge in [0.1, 0.15) is 0 Å². The molecule has 0 nitrogen and oxygen atoms in total. The normalized spacial score (nSPS) is 11.5. The number of hydrogen-bond acceptors (Lipinski definition) is 0. The van der Waals surface area contributed by atoms with E-state index in [-0.39, 0.29) is 0 Å². The Labute approximate surface area is 113 Å². The Kier molecular flexibility index (Phi) is 3.55. The van der Waals surface area contributed by atoms with Crippen molar-refractivity contribution < 1.29 is 0 Å². The van der Waals surface area contributed by atoms with Crippen molar-refractivity contribution in [3.05, 3.63) is 53.0 Å². The summed E-state index contributed by atoms with van der Waals surface area (Å²) in [6, 6.07) is 17.3. The summed E-state index contributed by atoms with van der Waals surface area (Å²) in [5.41, 5.74) is 2.57. The van der Waals surface area contributed by atoms with Crippen LogP contribution in [0.25, 0.3) is 11.1 Å². The largest absolute Gasteiger partial charge is 0.0776 e. The third-order valence-electron chi connectivity index (χ3n) is 2.91. The van der Waals surface area contributed by atoms with Crippen LogP contribution in [0.3, 0.4) is 0 Å². The number of benzene rings is 2. The van der Waals surface area contributed by atoms with Gasteiger partial charge in [-0.3, -0.25) is 0 Å². The molecule has 0 saturated heterocycles. The Bertz CT molecular complexity index is 526. The van der Waals surface area contributed by atoms with Gasteiger partial charge in [-0.2, -0.15) is 0 Å². The van der Waals surface area contributed by atoms with Crippen molar-refractivity contribution in [2.75, 3.05) is 0 Å². The standard InChI is InChI=1S/C15H17BrSi/c1-17(2,3)13-8-6-7-12(11-13)14-9-4-5-10-15(14)16/h4-11H,1-3H3. The molecule has 0 spiro atoms. The molecule has 0 aliphatic heterocycles. The molecule has 0 amide bonds. The highest BCUT2D eigenvalue weighted by Gasteiger charge is 2.16. The summed E-state index contributed by atoms with van der Waals surface area (Å²) in [6.45, 7) is 7.14. The maximum atomic E-state index is 3.62. The van der Waals surface area contributed by atoms with Gasteiger partial charge in [-0.05, 0) is 17.2 Å². The van der Waals surface area contributed by atoms with Gasteiger partial charge in [-0.15, -0.1) is 0 Å². The Morgan fingerprint density at radius 2 is 1.59 bits per heavy atom. The second-order valence-corrected chi connectivity index (χ2v) is 11.2. The zero-order valence-corrected chi connectivity index (χ0v) is 13.1. The minimum Gasteiger partial charge on any atom is -0.0656 e. The SMILES string of the molecule is C[Si](C)(C)c1cccc(-c2ccccc2Br)c1. The van der Waals surface area contributed by atoms with E-state index in [0.717, 1.165) is 4.47 Å². The first-order valence-electron chi connectivity index (χ1n) is 5.84. The smallest absolute Gasteiger partial charge is 0.0656 e. The van der Waals surface area contributed by atoms with Crippen molar-refractivity contribution in [2.24, 2.45) is 0 Å². The molecule has 0 fully saturated rings. The lowest BCUT2D eigenvalue weighted by molar-refractivity contribution is 1.59. The maximum Gasteiger partial charge on any atom is 0.0776 e. The van der Waals surface area contributed by atoms with Crippen LogP contribution in [0, 0.1) is 0 Å². The van der Waals surface area contributed by atoms with Crippen LogP contribution in [-0.2, 0) is 0 Å². The zero-order chi connectivity index (χ0) is 12.5. The fourth-order valence-corrected chi connectivity index (χ4v) is 3.55. The van der Waals surface area contributed by atoms with Gasteiger partial charge in [-0.1, -0.05) is 83.2 Å². The maximum absolute atomic E-state index is 3.62. The lowest BCUT2D eigenvalue weighted by atomic mass is 10.1. The van der Waals surface area contributed by atoms with Gasteiger partial charge in [0.2, 0.25) is 0 Å². The molecule has 0 bridgehead atoms. The molecule has 17 heavy (non-hydrogen) atoms. The Hall–Kier alpha value is -0.863. The molecular formula is C15H17BrSi. The van der Waals surface area contributed by atoms with E-state index in [4.69, 9.17) is 0 Å². The van der Waals surface area contributed by atoms with Crippen molar-refractivity contribution in [1.29, 1.82) is 0 Å². The van der Waals surface area contributed by atoms with E-state index in [1.807, 2.05) is 0 Å². The van der Waals surface area contributed by atoms with E-state index in [0.29, 0.717) is 0 Å². The first-order valence-corrected chi connectivity index (χ1v) is 10.1. The van der Waals surface area contributed by atoms with E-state index < -0.39 is 8.07 Å². The van der Waals surface area contributed by atoms with Crippen LogP contribution in [0.4, 0.5) is 0 Å². The Morgan fingerprint density at radius 3 is 2.24 bits per heavy atom. The Balaban J connectivity index is 2.51. The lowest BCUT2D eigenvalue weighted by Gasteiger charge is -2.17. The topological polar surface area (TPSA) is 0 Å². The average Bonchev–Trinajstić information content (AvgIpc) is 2.29. The minimum absolute atomic E-state index is 1.16. The molecule has 0 atom stereocenters. The van der Waals surface area contributed by atoms with E-state index in [1.165, 1.54) is 16.3 Å². The van der Waals surface area contributed by atoms with Crippen LogP contribution < -0.4 is 5.19 Å². The molecule has 0 radical (unpaired) electrons. The van der Waals surface area contributed by atoms with Gasteiger partial charge in [0, 0.05) is 4.47 Å². The monoisotopic (exact) mass is 304 g/mol. The van der Waals surface area contributed by atoms with Crippen LogP contribution in [-0.4, -0.2) is 8.07 Å². The predicted octanol–water partition coefficient (Wildman–Crippen LogP) is 4.66. The van der Waals surface area contributed by atoms with Crippen molar-refractivity contribution in [3.8, 4) is 11.1 Å². The van der Waals surface area contributed by atoms with Crippen LogP contribution in [0.5, 0.6) is 0 Å². The van der Waals surface area contributed by atoms with Gasteiger partial charge < -0.3 is 0 Å². The Morgan fingerprint density at radius 1 is 0.882 bits per heavy atom. The van der Waals surface area contributed by atoms with E-state index >= 15 is 0 Å². The number of hydrogen-bond donors (Lipinski definition) is 0. The predicted molar refractivity (Wildman–Crippen MR) is 82.6 cm³/mol. The highest BCUT2D eigenvalue weighted by Crippen LogP contribution is 2.27. The van der Waals surface area contributed by atoms with Gasteiger partial charge in [0.15, 0.2) is 0 Å². The molecule has 2 rings (SSSR count). The number of rotatable bonds is 2. The molecule has 2 aromatic rings. The van der Waals surface area contributed by atoms with Gasteiger partial charge in [0.25, 0.3) is 0 Å². The quantitative estimate of drug-likeness (QED) is 0.708. The third kappa shape index (κ3) is 2.88. The highest BCUT2D eigenvalue weighted by atomic mass is 79.9. The van der Waals surface area contributed by atoms with Gasteiger partial charge in [0.05, 0.1) is 8.07 Å². The summed E-state index contributed by atoms with van der Waals surface area (Å²) in [4.78, 5) is 0. The molecule has 2 heteroatoms. The second-order valence-electron chi connectivity index (χ2n) is 5.31. The summed E-state index contributed by atoms with van der Waals surface area (Å²) in [5.74, 6) is 0. The van der Waals surface area contributed by atoms with Crippen LogP contribution in [0.15, 0.2) is 53.0 Å². The van der Waals surface area contributed by atoms with Crippen LogP contribution in [0.2, 0.25) is 19.6 Å². The molecular weight excluding hydrogens is 288 g/mol. The second kappa shape index (κ2) is 4.79. The zero-order valence-electron chi connectivity index (χ0n) is 10.5. The van der Waals surface area contributed by atoms with Gasteiger partial charge >= 0.3 is 0 Å². The van der Waals surface area contributed by atoms with Crippen molar-refractivity contribution >= 4 is 29.2 Å². The molecule has 88 valence electrons. The summed E-state index contributed by atoms with van der Waals surface area (Å²) in [7, 11) is -1.23. The van der Waals surface area contributed by atoms with Gasteiger partial charge in [-0.25, -0.2) is 0 Å². The summed E-state index contributed by atoms with van der Waals surface area (Å²) in [6.07, 6.45) is 0. The third-order valence-corrected chi connectivity index (χ3v) is 5.65. The first kappa shape index (κ1) is 12.6. The number of halogens is 1. The molecule has 0 unspecified atom stereocenters. The minimum atomic E-state index is -1.23. The summed E-state index contributed by atoms with van der Waals surface area (Å²) < 4.78 is 1.16. The fraction of sp³-hybridized carbons (Fsp3) is 0.200. The average molecular weight is 305 g/mol. The van der Waals surface area contributed by atoms with Crippen molar-refractivity contribution in [3.63, 3.8) is 0 Å². The van der Waals surface area contributed by atoms with Crippen LogP contribution in [0.1, 0.15) is 0 Å². The first-order chi connectivity index (χ1) is 7.98. The fourth-order valence-electron chi connectivity index (χ4n) is 1.85. The van der Waals surface area contributed by atoms with Crippen molar-refractivity contribution in [1.82, 2.24) is 0 Å². The summed E-state index contributed by atoms with van der Waals surface area (Å²) >= 11 is 3.62. The highest BCUT2D eigenvalue weighted by molar-refractivity contribution is 9.10. The van der Waals surface area contributed by atoms with Crippen LogP contribution >= 0.6 is 15.9 Å². The molecule has 0 saturated carbocycles. The molecule has 0 aliphatic carbocycles. The summed E-state index contributed by atoms with van der Waals surface area (Å²) in [5, 5.41) is 1.51. The molecule has 0 heterocycles. The molecule has 0 aromatic heterocycles. The lowest BCUT2D eigenvalue weighted by Crippen LogP contribution is -2.37. The van der Waals surface area contributed by atoms with E-state index in [1.54, 1.807) is 0 Å². The van der Waals surface area contributed by atoms with E-state index in [2.05, 4.69) is 84.1 Å².